The van der Waals surface area contributed by atoms with Gasteiger partial charge in [-0.15, -0.1) is 11.3 Å². The largest absolute Gasteiger partial charge is 0.489 e. The number of aryl methyl sites for hydroxylation is 1. The van der Waals surface area contributed by atoms with Crippen LogP contribution in [0.1, 0.15) is 10.4 Å². The van der Waals surface area contributed by atoms with Crippen molar-refractivity contribution in [2.45, 2.75) is 11.8 Å². The van der Waals surface area contributed by atoms with E-state index in [1.165, 1.54) is 27.8 Å². The molecule has 0 aliphatic carbocycles. The zero-order valence-corrected chi connectivity index (χ0v) is 16.5. The molecular weight excluding hydrogens is 399 g/mol. The number of benzene rings is 2. The van der Waals surface area contributed by atoms with E-state index in [-0.39, 0.29) is 18.0 Å². The van der Waals surface area contributed by atoms with E-state index in [1.54, 1.807) is 25.1 Å². The van der Waals surface area contributed by atoms with Crippen molar-refractivity contribution in [1.29, 1.82) is 5.26 Å². The Kier molecular flexibility index (Phi) is 4.57. The van der Waals surface area contributed by atoms with Crippen molar-refractivity contribution in [3.05, 3.63) is 64.8 Å². The van der Waals surface area contributed by atoms with Crippen molar-refractivity contribution in [3.63, 3.8) is 0 Å². The van der Waals surface area contributed by atoms with Crippen LogP contribution in [0.15, 0.2) is 53.4 Å². The smallest absolute Gasteiger partial charge is 0.264 e. The van der Waals surface area contributed by atoms with E-state index in [9.17, 15) is 12.8 Å². The summed E-state index contributed by atoms with van der Waals surface area (Å²) in [6.07, 6.45) is 0. The molecular formula is C20H15FN2O3S2. The van der Waals surface area contributed by atoms with Gasteiger partial charge in [-0.25, -0.2) is 12.8 Å². The van der Waals surface area contributed by atoms with Gasteiger partial charge in [0.25, 0.3) is 10.0 Å². The van der Waals surface area contributed by atoms with Gasteiger partial charge in [0.1, 0.15) is 29.1 Å². The number of hydrogen-bond acceptors (Lipinski definition) is 5. The van der Waals surface area contributed by atoms with Gasteiger partial charge in [0.15, 0.2) is 0 Å². The maximum atomic E-state index is 14.0. The SMILES string of the molecule is Cc1ccc(S(=O)(=O)N2CCOc3ccc(-c4ccc(C#N)s4)cc32)cc1F. The summed E-state index contributed by atoms with van der Waals surface area (Å²) in [5.74, 6) is -0.117. The molecule has 0 saturated carbocycles. The summed E-state index contributed by atoms with van der Waals surface area (Å²) in [6, 6.07) is 14.8. The number of nitriles is 1. The maximum absolute atomic E-state index is 14.0. The summed E-state index contributed by atoms with van der Waals surface area (Å²) in [6.45, 7) is 1.91. The lowest BCUT2D eigenvalue weighted by Crippen LogP contribution is -2.38. The number of rotatable bonds is 3. The molecule has 142 valence electrons. The minimum atomic E-state index is -3.95. The Morgan fingerprint density at radius 3 is 2.71 bits per heavy atom. The lowest BCUT2D eigenvalue weighted by Gasteiger charge is -2.31. The molecule has 1 aromatic heterocycles. The molecule has 0 bridgehead atoms. The van der Waals surface area contributed by atoms with Crippen LogP contribution in [-0.2, 0) is 10.0 Å². The number of halogens is 1. The van der Waals surface area contributed by atoms with Gasteiger partial charge >= 0.3 is 0 Å². The molecule has 0 unspecified atom stereocenters. The summed E-state index contributed by atoms with van der Waals surface area (Å²) in [7, 11) is -3.95. The molecule has 0 amide bonds. The van der Waals surface area contributed by atoms with E-state index in [0.29, 0.717) is 21.9 Å². The Morgan fingerprint density at radius 2 is 2.00 bits per heavy atom. The lowest BCUT2D eigenvalue weighted by atomic mass is 10.1. The number of fused-ring (bicyclic) bond motifs is 1. The first-order valence-corrected chi connectivity index (χ1v) is 10.7. The minimum Gasteiger partial charge on any atom is -0.489 e. The zero-order chi connectivity index (χ0) is 19.9. The second kappa shape index (κ2) is 6.93. The molecule has 8 heteroatoms. The standard InChI is InChI=1S/C20H15FN2O3S2/c1-13-2-5-16(11-17(13)21)28(24,25)23-8-9-26-19-6-3-14(10-18(19)23)20-7-4-15(12-22)27-20/h2-7,10-11H,8-9H2,1H3. The first-order chi connectivity index (χ1) is 13.4. The van der Waals surface area contributed by atoms with Gasteiger partial charge in [0.05, 0.1) is 17.1 Å². The Labute approximate surface area is 166 Å². The summed E-state index contributed by atoms with van der Waals surface area (Å²) in [4.78, 5) is 1.32. The molecule has 0 N–H and O–H groups in total. The molecule has 5 nitrogen and oxygen atoms in total. The third-order valence-electron chi connectivity index (χ3n) is 4.51. The Morgan fingerprint density at radius 1 is 1.18 bits per heavy atom. The van der Waals surface area contributed by atoms with Gasteiger partial charge in [-0.05, 0) is 60.5 Å². The van der Waals surface area contributed by atoms with Crippen LogP contribution in [0.3, 0.4) is 0 Å². The van der Waals surface area contributed by atoms with Gasteiger partial charge in [0, 0.05) is 4.88 Å². The van der Waals surface area contributed by atoms with Crippen LogP contribution in [0.5, 0.6) is 5.75 Å². The van der Waals surface area contributed by atoms with Crippen molar-refractivity contribution in [2.24, 2.45) is 0 Å². The molecule has 3 aromatic rings. The predicted molar refractivity (Wildman–Crippen MR) is 106 cm³/mol. The monoisotopic (exact) mass is 414 g/mol. The van der Waals surface area contributed by atoms with Gasteiger partial charge in [-0.3, -0.25) is 4.31 Å². The molecule has 2 heterocycles. The van der Waals surface area contributed by atoms with Crippen molar-refractivity contribution in [2.75, 3.05) is 17.5 Å². The molecule has 1 aliphatic rings. The average Bonchev–Trinajstić information content (AvgIpc) is 3.18. The quantitative estimate of drug-likeness (QED) is 0.640. The van der Waals surface area contributed by atoms with E-state index in [4.69, 9.17) is 10.00 Å². The predicted octanol–water partition coefficient (Wildman–Crippen LogP) is 4.32. The lowest BCUT2D eigenvalue weighted by molar-refractivity contribution is 0.316. The van der Waals surface area contributed by atoms with Crippen LogP contribution in [0.25, 0.3) is 10.4 Å². The number of ether oxygens (including phenoxy) is 1. The molecule has 0 radical (unpaired) electrons. The fraction of sp³-hybridized carbons (Fsp3) is 0.150. The van der Waals surface area contributed by atoms with E-state index < -0.39 is 15.8 Å². The molecule has 4 rings (SSSR count). The molecule has 0 spiro atoms. The molecule has 2 aromatic carbocycles. The normalized spacial score (nSPS) is 13.5. The molecule has 0 fully saturated rings. The van der Waals surface area contributed by atoms with Crippen LogP contribution < -0.4 is 9.04 Å². The van der Waals surface area contributed by atoms with Gasteiger partial charge in [-0.1, -0.05) is 6.07 Å². The highest BCUT2D eigenvalue weighted by molar-refractivity contribution is 7.92. The first-order valence-electron chi connectivity index (χ1n) is 8.46. The van der Waals surface area contributed by atoms with Crippen molar-refractivity contribution < 1.29 is 17.5 Å². The van der Waals surface area contributed by atoms with Crippen molar-refractivity contribution >= 4 is 27.0 Å². The van der Waals surface area contributed by atoms with Crippen LogP contribution in [0.4, 0.5) is 10.1 Å². The van der Waals surface area contributed by atoms with Gasteiger partial charge in [0.2, 0.25) is 0 Å². The molecule has 0 atom stereocenters. The molecule has 1 aliphatic heterocycles. The zero-order valence-electron chi connectivity index (χ0n) is 14.8. The highest BCUT2D eigenvalue weighted by Crippen LogP contribution is 2.40. The third kappa shape index (κ3) is 3.13. The molecule has 28 heavy (non-hydrogen) atoms. The second-order valence-electron chi connectivity index (χ2n) is 6.29. The van der Waals surface area contributed by atoms with E-state index in [1.807, 2.05) is 12.1 Å². The first kappa shape index (κ1) is 18.5. The summed E-state index contributed by atoms with van der Waals surface area (Å²) >= 11 is 1.33. The van der Waals surface area contributed by atoms with Crippen molar-refractivity contribution in [1.82, 2.24) is 0 Å². The van der Waals surface area contributed by atoms with E-state index in [2.05, 4.69) is 6.07 Å². The van der Waals surface area contributed by atoms with Crippen LogP contribution in [0, 0.1) is 24.1 Å². The van der Waals surface area contributed by atoms with E-state index >= 15 is 0 Å². The summed E-state index contributed by atoms with van der Waals surface area (Å²) < 4.78 is 47.2. The number of sulfonamides is 1. The number of thiophene rings is 1. The minimum absolute atomic E-state index is 0.100. The van der Waals surface area contributed by atoms with Crippen LogP contribution >= 0.6 is 11.3 Å². The van der Waals surface area contributed by atoms with Crippen LogP contribution in [0.2, 0.25) is 0 Å². The topological polar surface area (TPSA) is 70.4 Å². The van der Waals surface area contributed by atoms with Gasteiger partial charge in [-0.2, -0.15) is 5.26 Å². The summed E-state index contributed by atoms with van der Waals surface area (Å²) in [5, 5.41) is 9.03. The number of anilines is 1. The fourth-order valence-corrected chi connectivity index (χ4v) is 5.27. The highest BCUT2D eigenvalue weighted by Gasteiger charge is 2.31. The maximum Gasteiger partial charge on any atom is 0.264 e. The van der Waals surface area contributed by atoms with Gasteiger partial charge < -0.3 is 4.74 Å². The number of nitrogens with zero attached hydrogens (tertiary/aromatic N) is 2. The average molecular weight is 414 g/mol. The second-order valence-corrected chi connectivity index (χ2v) is 9.24. The Bertz CT molecular complexity index is 1210. The fourth-order valence-electron chi connectivity index (χ4n) is 3.01. The Balaban J connectivity index is 1.80. The van der Waals surface area contributed by atoms with E-state index in [0.717, 1.165) is 16.5 Å². The number of hydrogen-bond donors (Lipinski definition) is 0. The Hall–Kier alpha value is -2.89. The molecule has 0 saturated heterocycles. The highest BCUT2D eigenvalue weighted by atomic mass is 32.2. The van der Waals surface area contributed by atoms with Crippen molar-refractivity contribution in [3.8, 4) is 22.3 Å². The third-order valence-corrected chi connectivity index (χ3v) is 7.36. The summed E-state index contributed by atoms with van der Waals surface area (Å²) in [5.41, 5.74) is 1.57. The van der Waals surface area contributed by atoms with Crippen LogP contribution in [-0.4, -0.2) is 21.6 Å².